The van der Waals surface area contributed by atoms with E-state index in [9.17, 15) is 9.18 Å². The maximum atomic E-state index is 13.5. The number of rotatable bonds is 2. The molecule has 0 fully saturated rings. The number of anilines is 2. The predicted molar refractivity (Wildman–Crippen MR) is 74.9 cm³/mol. The molecule has 0 saturated carbocycles. The lowest BCUT2D eigenvalue weighted by atomic mass is 10.2. The number of para-hydroxylation sites is 1. The predicted octanol–water partition coefficient (Wildman–Crippen LogP) is 4.33. The Morgan fingerprint density at radius 1 is 1.21 bits per heavy atom. The summed E-state index contributed by atoms with van der Waals surface area (Å²) in [5, 5.41) is 2.43. The van der Waals surface area contributed by atoms with Crippen molar-refractivity contribution in [3.05, 3.63) is 59.9 Å². The summed E-state index contributed by atoms with van der Waals surface area (Å²) in [6.07, 6.45) is 0. The van der Waals surface area contributed by atoms with Crippen molar-refractivity contribution in [2.45, 2.75) is 6.92 Å². The lowest BCUT2D eigenvalue weighted by molar-refractivity contribution is 0.260. The molecular weight excluding hydrogens is 267 g/mol. The highest BCUT2D eigenvalue weighted by atomic mass is 35.5. The van der Waals surface area contributed by atoms with Gasteiger partial charge < -0.3 is 5.32 Å². The van der Waals surface area contributed by atoms with Gasteiger partial charge in [0, 0.05) is 11.8 Å². The zero-order chi connectivity index (χ0) is 13.8. The molecule has 0 aliphatic carbocycles. The molecule has 0 atom stereocenters. The monoisotopic (exact) mass is 278 g/mol. The Kier molecular flexibility index (Phi) is 4.02. The number of carbonyl (C=O) groups excluding carboxylic acids is 1. The Labute approximate surface area is 115 Å². The molecule has 98 valence electrons. The molecule has 3 nitrogen and oxygen atoms in total. The van der Waals surface area contributed by atoms with Crippen molar-refractivity contribution < 1.29 is 9.18 Å². The molecule has 2 aromatic carbocycles. The number of halogens is 2. The van der Waals surface area contributed by atoms with Gasteiger partial charge >= 0.3 is 6.03 Å². The number of amides is 2. The van der Waals surface area contributed by atoms with Crippen molar-refractivity contribution in [2.24, 2.45) is 0 Å². The second-order valence-electron chi connectivity index (χ2n) is 4.03. The van der Waals surface area contributed by atoms with Gasteiger partial charge in [-0.25, -0.2) is 13.6 Å². The van der Waals surface area contributed by atoms with Gasteiger partial charge in [0.05, 0.1) is 11.4 Å². The first-order chi connectivity index (χ1) is 9.08. The van der Waals surface area contributed by atoms with Crippen LogP contribution in [0.15, 0.2) is 48.5 Å². The maximum Gasteiger partial charge on any atom is 0.341 e. The van der Waals surface area contributed by atoms with Crippen molar-refractivity contribution >= 4 is 29.2 Å². The fourth-order valence-corrected chi connectivity index (χ4v) is 1.73. The molecule has 0 bridgehead atoms. The van der Waals surface area contributed by atoms with Gasteiger partial charge in [0.25, 0.3) is 0 Å². The summed E-state index contributed by atoms with van der Waals surface area (Å²) in [5.41, 5.74) is 1.46. The Bertz CT molecular complexity index is 589. The van der Waals surface area contributed by atoms with E-state index in [2.05, 4.69) is 5.32 Å². The van der Waals surface area contributed by atoms with E-state index in [1.165, 1.54) is 6.07 Å². The fourth-order valence-electron chi connectivity index (χ4n) is 1.58. The number of hydrogen-bond donors (Lipinski definition) is 1. The minimum Gasteiger partial charge on any atom is -0.304 e. The van der Waals surface area contributed by atoms with Crippen LogP contribution in [-0.4, -0.2) is 6.03 Å². The number of nitrogens with one attached hydrogen (secondary N) is 1. The lowest BCUT2D eigenvalue weighted by Gasteiger charge is -2.15. The fraction of sp³-hybridized carbons (Fsp3) is 0.0714. The first-order valence-electron chi connectivity index (χ1n) is 5.66. The summed E-state index contributed by atoms with van der Waals surface area (Å²) in [6.45, 7) is 1.81. The van der Waals surface area contributed by atoms with Gasteiger partial charge in [0.15, 0.2) is 0 Å². The van der Waals surface area contributed by atoms with E-state index in [1.807, 2.05) is 13.0 Å². The molecule has 0 unspecified atom stereocenters. The first-order valence-corrected chi connectivity index (χ1v) is 6.00. The molecule has 0 aliphatic heterocycles. The van der Waals surface area contributed by atoms with Crippen molar-refractivity contribution in [1.82, 2.24) is 0 Å². The average Bonchev–Trinajstić information content (AvgIpc) is 2.43. The molecule has 0 radical (unpaired) electrons. The van der Waals surface area contributed by atoms with Gasteiger partial charge in [0.2, 0.25) is 0 Å². The van der Waals surface area contributed by atoms with E-state index in [0.29, 0.717) is 5.69 Å². The van der Waals surface area contributed by atoms with E-state index in [4.69, 9.17) is 11.8 Å². The van der Waals surface area contributed by atoms with Gasteiger partial charge in [-0.2, -0.15) is 0 Å². The number of hydrogen-bond acceptors (Lipinski definition) is 1. The van der Waals surface area contributed by atoms with Crippen LogP contribution in [0.2, 0.25) is 0 Å². The molecule has 0 heterocycles. The Hall–Kier alpha value is -2.07. The van der Waals surface area contributed by atoms with Crippen LogP contribution in [0.5, 0.6) is 0 Å². The lowest BCUT2D eigenvalue weighted by Crippen LogP contribution is -2.27. The van der Waals surface area contributed by atoms with Gasteiger partial charge in [-0.3, -0.25) is 0 Å². The van der Waals surface area contributed by atoms with Crippen LogP contribution in [0.4, 0.5) is 20.6 Å². The van der Waals surface area contributed by atoms with Crippen LogP contribution in [0, 0.1) is 12.7 Å². The molecule has 0 aliphatic rings. The van der Waals surface area contributed by atoms with Crippen LogP contribution >= 0.6 is 11.8 Å². The third-order valence-corrected chi connectivity index (χ3v) is 2.87. The molecule has 1 N–H and O–H groups in total. The van der Waals surface area contributed by atoms with Gasteiger partial charge in [0.1, 0.15) is 5.82 Å². The number of carbonyl (C=O) groups is 1. The molecule has 0 saturated heterocycles. The molecular formula is C14H12ClFN2O. The van der Waals surface area contributed by atoms with E-state index in [0.717, 1.165) is 9.98 Å². The van der Waals surface area contributed by atoms with Gasteiger partial charge in [-0.1, -0.05) is 24.3 Å². The number of nitrogens with zero attached hydrogens (tertiary/aromatic N) is 1. The highest BCUT2D eigenvalue weighted by Crippen LogP contribution is 2.20. The van der Waals surface area contributed by atoms with Gasteiger partial charge in [-0.05, 0) is 36.8 Å². The molecule has 2 rings (SSSR count). The zero-order valence-electron chi connectivity index (χ0n) is 10.2. The molecule has 2 aromatic rings. The van der Waals surface area contributed by atoms with Crippen molar-refractivity contribution in [2.75, 3.05) is 9.74 Å². The van der Waals surface area contributed by atoms with Crippen molar-refractivity contribution in [3.63, 3.8) is 0 Å². The average molecular weight is 279 g/mol. The standard InChI is InChI=1S/C14H12ClFN2O/c1-10-7-8-12(16)13(9-10)17-14(19)18(15)11-5-3-2-4-6-11/h2-9H,1H3,(H,17,19). The van der Waals surface area contributed by atoms with Gasteiger partial charge in [-0.15, -0.1) is 0 Å². The summed E-state index contributed by atoms with van der Waals surface area (Å²) in [4.78, 5) is 11.9. The second kappa shape index (κ2) is 5.71. The second-order valence-corrected chi connectivity index (χ2v) is 4.37. The molecule has 0 spiro atoms. The quantitative estimate of drug-likeness (QED) is 0.815. The first kappa shape index (κ1) is 13.4. The topological polar surface area (TPSA) is 32.3 Å². The number of urea groups is 1. The molecule has 2 amide bonds. The van der Waals surface area contributed by atoms with Crippen LogP contribution in [0.3, 0.4) is 0 Å². The third-order valence-electron chi connectivity index (χ3n) is 2.52. The summed E-state index contributed by atoms with van der Waals surface area (Å²) < 4.78 is 14.4. The number of benzene rings is 2. The molecule has 19 heavy (non-hydrogen) atoms. The van der Waals surface area contributed by atoms with E-state index >= 15 is 0 Å². The smallest absolute Gasteiger partial charge is 0.304 e. The molecule has 5 heteroatoms. The van der Waals surface area contributed by atoms with Crippen LogP contribution in [0.1, 0.15) is 5.56 Å². The Morgan fingerprint density at radius 2 is 1.89 bits per heavy atom. The normalized spacial score (nSPS) is 10.1. The summed E-state index contributed by atoms with van der Waals surface area (Å²) in [5.74, 6) is -0.503. The third kappa shape index (κ3) is 3.23. The highest BCUT2D eigenvalue weighted by molar-refractivity contribution is 6.38. The number of aryl methyl sites for hydroxylation is 1. The summed E-state index contributed by atoms with van der Waals surface area (Å²) in [7, 11) is 0. The van der Waals surface area contributed by atoms with E-state index < -0.39 is 11.8 Å². The largest absolute Gasteiger partial charge is 0.341 e. The van der Waals surface area contributed by atoms with Crippen LogP contribution in [0.25, 0.3) is 0 Å². The highest BCUT2D eigenvalue weighted by Gasteiger charge is 2.14. The Balaban J connectivity index is 2.15. The van der Waals surface area contributed by atoms with E-state index in [-0.39, 0.29) is 5.69 Å². The zero-order valence-corrected chi connectivity index (χ0v) is 11.0. The van der Waals surface area contributed by atoms with Crippen LogP contribution in [-0.2, 0) is 0 Å². The van der Waals surface area contributed by atoms with Crippen molar-refractivity contribution in [3.8, 4) is 0 Å². The van der Waals surface area contributed by atoms with E-state index in [1.54, 1.807) is 36.4 Å². The summed E-state index contributed by atoms with van der Waals surface area (Å²) >= 11 is 5.90. The molecule has 0 aromatic heterocycles. The van der Waals surface area contributed by atoms with Crippen LogP contribution < -0.4 is 9.74 Å². The van der Waals surface area contributed by atoms with Crippen molar-refractivity contribution in [1.29, 1.82) is 0 Å². The SMILES string of the molecule is Cc1ccc(F)c(NC(=O)N(Cl)c2ccccc2)c1. The minimum absolute atomic E-state index is 0.103. The maximum absolute atomic E-state index is 13.5. The minimum atomic E-state index is -0.614. The summed E-state index contributed by atoms with van der Waals surface area (Å²) in [6, 6.07) is 12.5. The Morgan fingerprint density at radius 3 is 2.58 bits per heavy atom.